The van der Waals surface area contributed by atoms with Crippen LogP contribution in [0.5, 0.6) is 0 Å². The van der Waals surface area contributed by atoms with Gasteiger partial charge < -0.3 is 10.1 Å². The maximum atomic E-state index is 6.10. The zero-order valence-electron chi connectivity index (χ0n) is 11.1. The molecular formula is C16H18ClNO. The number of benzene rings is 1. The fourth-order valence-electron chi connectivity index (χ4n) is 2.75. The van der Waals surface area contributed by atoms with Gasteiger partial charge >= 0.3 is 0 Å². The highest BCUT2D eigenvalue weighted by molar-refractivity contribution is 6.30. The molecule has 2 nitrogen and oxygen atoms in total. The molecule has 1 fully saturated rings. The minimum absolute atomic E-state index is 0.604. The monoisotopic (exact) mass is 275 g/mol. The summed E-state index contributed by atoms with van der Waals surface area (Å²) >= 11 is 6.10. The van der Waals surface area contributed by atoms with Crippen LogP contribution in [0.3, 0.4) is 0 Å². The number of hydrogen-bond acceptors (Lipinski definition) is 2. The van der Waals surface area contributed by atoms with E-state index in [1.54, 1.807) is 0 Å². The molecule has 1 aromatic carbocycles. The SMILES string of the molecule is CC1=CC(=C2CCNCC2)c2ccc(Cl)cc2CO1. The van der Waals surface area contributed by atoms with E-state index in [2.05, 4.69) is 17.5 Å². The van der Waals surface area contributed by atoms with E-state index < -0.39 is 0 Å². The molecule has 0 saturated carbocycles. The quantitative estimate of drug-likeness (QED) is 0.775. The number of allylic oxidation sites excluding steroid dienone is 3. The third-order valence-electron chi connectivity index (χ3n) is 3.75. The van der Waals surface area contributed by atoms with E-state index in [0.717, 1.165) is 36.7 Å². The van der Waals surface area contributed by atoms with Gasteiger partial charge in [0, 0.05) is 5.02 Å². The molecule has 1 aromatic rings. The summed E-state index contributed by atoms with van der Waals surface area (Å²) in [6, 6.07) is 6.11. The predicted octanol–water partition coefficient (Wildman–Crippen LogP) is 3.91. The molecule has 0 spiro atoms. The minimum Gasteiger partial charge on any atom is -0.494 e. The molecule has 2 aliphatic rings. The van der Waals surface area contributed by atoms with Crippen molar-refractivity contribution >= 4 is 17.2 Å². The number of fused-ring (bicyclic) bond motifs is 1. The van der Waals surface area contributed by atoms with Crippen molar-refractivity contribution in [1.82, 2.24) is 5.32 Å². The molecule has 1 saturated heterocycles. The second-order valence-electron chi connectivity index (χ2n) is 5.11. The Bertz CT molecular complexity index is 552. The van der Waals surface area contributed by atoms with Gasteiger partial charge in [0.05, 0.1) is 5.76 Å². The first-order valence-electron chi connectivity index (χ1n) is 6.76. The molecule has 0 aliphatic carbocycles. The van der Waals surface area contributed by atoms with Gasteiger partial charge in [-0.25, -0.2) is 0 Å². The standard InChI is InChI=1S/C16H18ClNO/c1-11-8-16(12-4-6-18-7-5-12)15-3-2-14(17)9-13(15)10-19-11/h2-3,8-9,18H,4-7,10H2,1H3. The van der Waals surface area contributed by atoms with Crippen LogP contribution in [-0.4, -0.2) is 13.1 Å². The summed E-state index contributed by atoms with van der Waals surface area (Å²) in [4.78, 5) is 0. The zero-order valence-corrected chi connectivity index (χ0v) is 11.9. The number of hydrogen-bond donors (Lipinski definition) is 1. The lowest BCUT2D eigenvalue weighted by Crippen LogP contribution is -2.23. The maximum absolute atomic E-state index is 6.10. The lowest BCUT2D eigenvalue weighted by atomic mass is 9.91. The smallest absolute Gasteiger partial charge is 0.113 e. The number of piperidine rings is 1. The topological polar surface area (TPSA) is 21.3 Å². The molecule has 19 heavy (non-hydrogen) atoms. The van der Waals surface area contributed by atoms with Crippen molar-refractivity contribution < 1.29 is 4.74 Å². The Morgan fingerprint density at radius 1 is 1.21 bits per heavy atom. The molecule has 1 N–H and O–H groups in total. The van der Waals surface area contributed by atoms with Crippen LogP contribution in [0.25, 0.3) is 5.57 Å². The summed E-state index contributed by atoms with van der Waals surface area (Å²) in [5.41, 5.74) is 5.31. The van der Waals surface area contributed by atoms with E-state index in [9.17, 15) is 0 Å². The summed E-state index contributed by atoms with van der Waals surface area (Å²) in [6.07, 6.45) is 4.41. The van der Waals surface area contributed by atoms with E-state index in [1.807, 2.05) is 19.1 Å². The lowest BCUT2D eigenvalue weighted by Gasteiger charge is -2.19. The molecule has 100 valence electrons. The molecule has 2 aliphatic heterocycles. The van der Waals surface area contributed by atoms with Gasteiger partial charge in [0.15, 0.2) is 0 Å². The van der Waals surface area contributed by atoms with E-state index in [1.165, 1.54) is 22.3 Å². The molecule has 3 rings (SSSR count). The largest absolute Gasteiger partial charge is 0.494 e. The van der Waals surface area contributed by atoms with Gasteiger partial charge in [0.25, 0.3) is 0 Å². The van der Waals surface area contributed by atoms with E-state index in [-0.39, 0.29) is 0 Å². The van der Waals surface area contributed by atoms with Crippen LogP contribution >= 0.6 is 11.6 Å². The van der Waals surface area contributed by atoms with Crippen molar-refractivity contribution in [2.75, 3.05) is 13.1 Å². The van der Waals surface area contributed by atoms with Crippen molar-refractivity contribution in [2.45, 2.75) is 26.4 Å². The van der Waals surface area contributed by atoms with Crippen molar-refractivity contribution in [2.24, 2.45) is 0 Å². The molecule has 0 radical (unpaired) electrons. The number of nitrogens with one attached hydrogen (secondary N) is 1. The summed E-state index contributed by atoms with van der Waals surface area (Å²) in [6.45, 7) is 4.76. The summed E-state index contributed by atoms with van der Waals surface area (Å²) in [5, 5.41) is 4.18. The van der Waals surface area contributed by atoms with Crippen LogP contribution in [-0.2, 0) is 11.3 Å². The highest BCUT2D eigenvalue weighted by Crippen LogP contribution is 2.33. The van der Waals surface area contributed by atoms with E-state index in [0.29, 0.717) is 6.61 Å². The molecule has 0 aromatic heterocycles. The van der Waals surface area contributed by atoms with Crippen LogP contribution in [0.15, 0.2) is 35.6 Å². The number of halogens is 1. The Labute approximate surface area is 119 Å². The molecule has 2 heterocycles. The Morgan fingerprint density at radius 2 is 2.00 bits per heavy atom. The third-order valence-corrected chi connectivity index (χ3v) is 3.98. The average Bonchev–Trinajstić information content (AvgIpc) is 2.59. The van der Waals surface area contributed by atoms with Crippen LogP contribution in [0.4, 0.5) is 0 Å². The Hall–Kier alpha value is -1.25. The van der Waals surface area contributed by atoms with Crippen LogP contribution in [0.1, 0.15) is 30.9 Å². The minimum atomic E-state index is 0.604. The Kier molecular flexibility index (Phi) is 3.63. The first-order chi connectivity index (χ1) is 9.24. The van der Waals surface area contributed by atoms with Crippen LogP contribution < -0.4 is 5.32 Å². The highest BCUT2D eigenvalue weighted by atomic mass is 35.5. The predicted molar refractivity (Wildman–Crippen MR) is 79.0 cm³/mol. The van der Waals surface area contributed by atoms with Gasteiger partial charge in [-0.05, 0) is 67.8 Å². The summed E-state index contributed by atoms with van der Waals surface area (Å²) < 4.78 is 5.76. The Balaban J connectivity index is 2.13. The average molecular weight is 276 g/mol. The highest BCUT2D eigenvalue weighted by Gasteiger charge is 2.17. The first kappa shape index (κ1) is 12.8. The first-order valence-corrected chi connectivity index (χ1v) is 7.14. The molecule has 0 atom stereocenters. The Morgan fingerprint density at radius 3 is 2.79 bits per heavy atom. The second-order valence-corrected chi connectivity index (χ2v) is 5.55. The fraction of sp³-hybridized carbons (Fsp3) is 0.375. The summed E-state index contributed by atoms with van der Waals surface area (Å²) in [7, 11) is 0. The van der Waals surface area contributed by atoms with Gasteiger partial charge in [0.2, 0.25) is 0 Å². The van der Waals surface area contributed by atoms with Crippen molar-refractivity contribution in [3.8, 4) is 0 Å². The van der Waals surface area contributed by atoms with Gasteiger partial charge in [-0.15, -0.1) is 0 Å². The van der Waals surface area contributed by atoms with Crippen LogP contribution in [0, 0.1) is 0 Å². The molecule has 0 bridgehead atoms. The second kappa shape index (κ2) is 5.40. The maximum Gasteiger partial charge on any atom is 0.113 e. The van der Waals surface area contributed by atoms with Crippen molar-refractivity contribution in [3.63, 3.8) is 0 Å². The van der Waals surface area contributed by atoms with Gasteiger partial charge in [-0.3, -0.25) is 0 Å². The van der Waals surface area contributed by atoms with Crippen molar-refractivity contribution in [3.05, 3.63) is 51.8 Å². The van der Waals surface area contributed by atoms with Crippen LogP contribution in [0.2, 0.25) is 5.02 Å². The summed E-state index contributed by atoms with van der Waals surface area (Å²) in [5.74, 6) is 0.980. The number of rotatable bonds is 0. The fourth-order valence-corrected chi connectivity index (χ4v) is 2.94. The number of ether oxygens (including phenoxy) is 1. The van der Waals surface area contributed by atoms with E-state index in [4.69, 9.17) is 16.3 Å². The van der Waals surface area contributed by atoms with Gasteiger partial charge in [0.1, 0.15) is 6.61 Å². The van der Waals surface area contributed by atoms with Gasteiger partial charge in [-0.1, -0.05) is 23.2 Å². The van der Waals surface area contributed by atoms with E-state index >= 15 is 0 Å². The molecular weight excluding hydrogens is 258 g/mol. The van der Waals surface area contributed by atoms with Gasteiger partial charge in [-0.2, -0.15) is 0 Å². The normalized spacial score (nSPS) is 19.4. The molecule has 0 amide bonds. The zero-order chi connectivity index (χ0) is 13.2. The third kappa shape index (κ3) is 2.70. The van der Waals surface area contributed by atoms with Crippen molar-refractivity contribution in [1.29, 1.82) is 0 Å². The lowest BCUT2D eigenvalue weighted by molar-refractivity contribution is 0.202. The molecule has 3 heteroatoms. The molecule has 0 unspecified atom stereocenters.